The lowest BCUT2D eigenvalue weighted by Gasteiger charge is -1.78. The average molecular weight is 106 g/mol. The largest absolute Gasteiger partial charge is 0.310 e. The van der Waals surface area contributed by atoms with Gasteiger partial charge in [0, 0.05) is 0 Å². The summed E-state index contributed by atoms with van der Waals surface area (Å²) in [6, 6.07) is 0. The summed E-state index contributed by atoms with van der Waals surface area (Å²) in [6.45, 7) is 7.69. The lowest BCUT2D eigenvalue weighted by molar-refractivity contribution is 1.27. The summed E-state index contributed by atoms with van der Waals surface area (Å²) >= 11 is 0. The Balaban J connectivity index is 2.49. The van der Waals surface area contributed by atoms with E-state index in [1.165, 1.54) is 0 Å². The van der Waals surface area contributed by atoms with Gasteiger partial charge in [0.2, 0.25) is 0 Å². The Kier molecular flexibility index (Phi) is 1.43. The molecule has 0 bridgehead atoms. The molecule has 0 aliphatic carbocycles. The van der Waals surface area contributed by atoms with Crippen LogP contribution in [0.1, 0.15) is 0 Å². The Labute approximate surface area is 48.4 Å². The molecular formula is C6H6N2. The van der Waals surface area contributed by atoms with Crippen LogP contribution in [0.15, 0.2) is 17.1 Å². The molecule has 8 heavy (non-hydrogen) atoms. The molecule has 0 unspecified atom stereocenters. The van der Waals surface area contributed by atoms with Crippen LogP contribution in [-0.2, 0) is 0 Å². The van der Waals surface area contributed by atoms with Gasteiger partial charge >= 0.3 is 0 Å². The highest BCUT2D eigenvalue weighted by atomic mass is 14.8. The van der Waals surface area contributed by atoms with Crippen LogP contribution in [0.3, 0.4) is 0 Å². The first kappa shape index (κ1) is 5.04. The molecule has 2 heteroatoms. The molecule has 0 amide bonds. The molecule has 0 saturated carbocycles. The molecule has 0 fully saturated rings. The van der Waals surface area contributed by atoms with E-state index in [4.69, 9.17) is 6.57 Å². The van der Waals surface area contributed by atoms with Crippen molar-refractivity contribution >= 4 is 5.71 Å². The zero-order valence-electron chi connectivity index (χ0n) is 4.46. The molecule has 0 radical (unpaired) electrons. The van der Waals surface area contributed by atoms with E-state index in [2.05, 4.69) is 9.84 Å². The van der Waals surface area contributed by atoms with Crippen molar-refractivity contribution in [1.29, 1.82) is 0 Å². The Morgan fingerprint density at radius 1 is 1.88 bits per heavy atom. The fraction of sp³-hybridized carbons (Fsp3) is 0.333. The fourth-order valence-corrected chi connectivity index (χ4v) is 0.595. The molecule has 0 saturated heterocycles. The van der Waals surface area contributed by atoms with Gasteiger partial charge in [-0.3, -0.25) is 4.99 Å². The van der Waals surface area contributed by atoms with Crippen LogP contribution in [0.4, 0.5) is 0 Å². The van der Waals surface area contributed by atoms with Gasteiger partial charge in [0.1, 0.15) is 5.71 Å². The maximum absolute atomic E-state index is 6.48. The minimum Gasteiger partial charge on any atom is -0.310 e. The number of hydrogen-bond donors (Lipinski definition) is 0. The topological polar surface area (TPSA) is 16.7 Å². The van der Waals surface area contributed by atoms with E-state index >= 15 is 0 Å². The second-order valence-corrected chi connectivity index (χ2v) is 1.55. The summed E-state index contributed by atoms with van der Waals surface area (Å²) in [4.78, 5) is 7.20. The Hall–Kier alpha value is -1.10. The number of rotatable bonds is 1. The zero-order valence-corrected chi connectivity index (χ0v) is 4.46. The van der Waals surface area contributed by atoms with E-state index in [1.54, 1.807) is 0 Å². The summed E-state index contributed by atoms with van der Waals surface area (Å²) in [5.74, 6) is 0. The summed E-state index contributed by atoms with van der Waals surface area (Å²) < 4.78 is 0. The van der Waals surface area contributed by atoms with Crippen molar-refractivity contribution in [2.75, 3.05) is 13.1 Å². The van der Waals surface area contributed by atoms with Gasteiger partial charge in [-0.05, 0) is 6.08 Å². The van der Waals surface area contributed by atoms with Crippen LogP contribution in [0.5, 0.6) is 0 Å². The minimum absolute atomic E-state index is 0.441. The first-order valence-electron chi connectivity index (χ1n) is 2.46. The van der Waals surface area contributed by atoms with E-state index in [0.717, 1.165) is 12.3 Å². The molecule has 0 N–H and O–H groups in total. The average Bonchev–Trinajstić information content (AvgIpc) is 2.19. The lowest BCUT2D eigenvalue weighted by atomic mass is 10.4. The molecule has 0 aromatic rings. The van der Waals surface area contributed by atoms with Crippen LogP contribution in [0.25, 0.3) is 4.85 Å². The van der Waals surface area contributed by atoms with E-state index in [-0.39, 0.29) is 0 Å². The fourth-order valence-electron chi connectivity index (χ4n) is 0.595. The van der Waals surface area contributed by atoms with Crippen molar-refractivity contribution in [3.05, 3.63) is 23.6 Å². The smallest absolute Gasteiger partial charge is 0.255 e. The molecule has 0 spiro atoms. The van der Waals surface area contributed by atoms with Crippen LogP contribution < -0.4 is 0 Å². The zero-order chi connectivity index (χ0) is 5.82. The van der Waals surface area contributed by atoms with Crippen LogP contribution in [0.2, 0.25) is 0 Å². The number of hydrogen-bond acceptors (Lipinski definition) is 1. The minimum atomic E-state index is 0.441. The SMILES string of the molecule is [C-]#[N+]CC1=NCC=C1. The van der Waals surface area contributed by atoms with E-state index in [0.29, 0.717) is 6.54 Å². The van der Waals surface area contributed by atoms with Gasteiger partial charge in [-0.15, -0.1) is 0 Å². The lowest BCUT2D eigenvalue weighted by Crippen LogP contribution is -1.91. The second kappa shape index (κ2) is 2.27. The van der Waals surface area contributed by atoms with Crippen molar-refractivity contribution < 1.29 is 0 Å². The van der Waals surface area contributed by atoms with Crippen molar-refractivity contribution in [3.63, 3.8) is 0 Å². The van der Waals surface area contributed by atoms with Gasteiger partial charge in [0.25, 0.3) is 6.54 Å². The predicted octanol–water partition coefficient (Wildman–Crippen LogP) is 0.916. The maximum Gasteiger partial charge on any atom is 0.255 e. The van der Waals surface area contributed by atoms with Crippen molar-refractivity contribution in [2.45, 2.75) is 0 Å². The number of nitrogens with zero attached hydrogens (tertiary/aromatic N) is 2. The first-order valence-corrected chi connectivity index (χ1v) is 2.46. The third-order valence-corrected chi connectivity index (χ3v) is 0.951. The summed E-state index contributed by atoms with van der Waals surface area (Å²) in [7, 11) is 0. The van der Waals surface area contributed by atoms with E-state index in [9.17, 15) is 0 Å². The Morgan fingerprint density at radius 3 is 3.25 bits per heavy atom. The molecular weight excluding hydrogens is 100 g/mol. The molecule has 1 aliphatic heterocycles. The van der Waals surface area contributed by atoms with Crippen molar-refractivity contribution in [2.24, 2.45) is 4.99 Å². The van der Waals surface area contributed by atoms with Gasteiger partial charge in [-0.2, -0.15) is 0 Å². The van der Waals surface area contributed by atoms with Gasteiger partial charge in [0.05, 0.1) is 6.54 Å². The van der Waals surface area contributed by atoms with Crippen LogP contribution >= 0.6 is 0 Å². The quantitative estimate of drug-likeness (QED) is 0.442. The second-order valence-electron chi connectivity index (χ2n) is 1.55. The molecule has 2 nitrogen and oxygen atoms in total. The van der Waals surface area contributed by atoms with Crippen LogP contribution in [0, 0.1) is 6.57 Å². The molecule has 0 atom stereocenters. The normalized spacial score (nSPS) is 15.6. The van der Waals surface area contributed by atoms with E-state index in [1.807, 2.05) is 12.2 Å². The van der Waals surface area contributed by atoms with Gasteiger partial charge in [-0.25, -0.2) is 6.57 Å². The molecule has 1 aliphatic rings. The number of aliphatic imine (C=N–C) groups is 1. The monoisotopic (exact) mass is 106 g/mol. The molecule has 0 aromatic heterocycles. The van der Waals surface area contributed by atoms with E-state index < -0.39 is 0 Å². The van der Waals surface area contributed by atoms with Gasteiger partial charge in [-0.1, -0.05) is 6.08 Å². The summed E-state index contributed by atoms with van der Waals surface area (Å²) in [5, 5.41) is 0. The van der Waals surface area contributed by atoms with Gasteiger partial charge < -0.3 is 4.85 Å². The summed E-state index contributed by atoms with van der Waals surface area (Å²) in [5.41, 5.74) is 0.917. The Bertz CT molecular complexity index is 171. The molecule has 40 valence electrons. The van der Waals surface area contributed by atoms with Gasteiger partial charge in [0.15, 0.2) is 0 Å². The molecule has 1 heterocycles. The molecule has 1 rings (SSSR count). The predicted molar refractivity (Wildman–Crippen MR) is 32.9 cm³/mol. The standard InChI is InChI=1S/C6H6N2/c1-7-5-6-3-2-4-8-6/h2-3H,4-5H2. The van der Waals surface area contributed by atoms with Crippen LogP contribution in [-0.4, -0.2) is 18.8 Å². The highest BCUT2D eigenvalue weighted by Gasteiger charge is 1.98. The Morgan fingerprint density at radius 2 is 2.75 bits per heavy atom. The highest BCUT2D eigenvalue weighted by Crippen LogP contribution is 1.92. The summed E-state index contributed by atoms with van der Waals surface area (Å²) in [6.07, 6.45) is 3.86. The third-order valence-electron chi connectivity index (χ3n) is 0.951. The third kappa shape index (κ3) is 0.941. The molecule has 0 aromatic carbocycles. The first-order chi connectivity index (χ1) is 3.93. The van der Waals surface area contributed by atoms with Crippen molar-refractivity contribution in [1.82, 2.24) is 0 Å². The highest BCUT2D eigenvalue weighted by molar-refractivity contribution is 5.99. The maximum atomic E-state index is 6.48. The van der Waals surface area contributed by atoms with Crippen molar-refractivity contribution in [3.8, 4) is 0 Å².